The normalized spacial score (nSPS) is 23.9. The number of carbonyl (C=O) groups is 4. The Morgan fingerprint density at radius 2 is 1.74 bits per heavy atom. The number of nitrogens with two attached hydrogens (primary N) is 1. The number of piperidine rings is 3. The van der Waals surface area contributed by atoms with Gasteiger partial charge in [0, 0.05) is 69.4 Å². The second-order valence-electron chi connectivity index (χ2n) is 18.3. The SMILES string of the molecule is CN1CCN([C@@H]2CCCN(c3cnc(C(N)=O)c(Nc4ccc(C5CCC6(CC5)CCN(CN5Cc7ccc8c(C9CCC(=O)NC9=O)noc8c7C5)CC6)cc4)n3)C2)C1=O. The standard InChI is InChI=1S/C45H55N11O5/c1-52-21-22-56(44(52)60)32-3-2-18-55(25-32)36-23-47-39(41(46)58)42(49-36)48-31-7-4-28(5-8-31)29-12-14-45(15-13-29)16-19-53(20-17-45)27-54-24-30-6-9-33-38(51-61-40(33)35(30)26-54)34-10-11-37(57)50-43(34)59/h4-9,23,29,32,34H,2-3,10-22,24-27H2,1H3,(H2,46,58)(H,48,49)(H,50,57,59)/t32-,34?/m1/s1. The van der Waals surface area contributed by atoms with Crippen LogP contribution in [0.1, 0.15) is 109 Å². The van der Waals surface area contributed by atoms with Gasteiger partial charge in [-0.25, -0.2) is 14.8 Å². The predicted octanol–water partition coefficient (Wildman–Crippen LogP) is 5.03. The van der Waals surface area contributed by atoms with E-state index in [4.69, 9.17) is 15.2 Å². The molecule has 10 rings (SSSR count). The average molecular weight is 830 g/mol. The number of carbonyl (C=O) groups excluding carboxylic acids is 4. The average Bonchev–Trinajstić information content (AvgIpc) is 3.98. The minimum absolute atomic E-state index is 0.0744. The van der Waals surface area contributed by atoms with Crippen molar-refractivity contribution in [2.75, 3.05) is 63.2 Å². The zero-order chi connectivity index (χ0) is 41.8. The first-order valence-corrected chi connectivity index (χ1v) is 22.1. The summed E-state index contributed by atoms with van der Waals surface area (Å²) in [5.74, 6) is -0.108. The molecule has 4 aromatic rings. The molecular formula is C45H55N11O5. The number of imide groups is 1. The van der Waals surface area contributed by atoms with Crippen LogP contribution in [0.5, 0.6) is 0 Å². The first kappa shape index (κ1) is 39.5. The van der Waals surface area contributed by atoms with Gasteiger partial charge < -0.3 is 30.3 Å². The lowest BCUT2D eigenvalue weighted by Crippen LogP contribution is -2.49. The topological polar surface area (TPSA) is 186 Å². The van der Waals surface area contributed by atoms with Gasteiger partial charge in [0.15, 0.2) is 17.1 Å². The molecule has 2 atom stereocenters. The molecule has 16 heteroatoms. The Morgan fingerprint density at radius 1 is 0.934 bits per heavy atom. The minimum atomic E-state index is -0.638. The third kappa shape index (κ3) is 7.68. The van der Waals surface area contributed by atoms with Gasteiger partial charge in [-0.2, -0.15) is 0 Å². The van der Waals surface area contributed by atoms with Gasteiger partial charge in [-0.1, -0.05) is 23.4 Å². The van der Waals surface area contributed by atoms with Crippen molar-refractivity contribution in [3.05, 3.63) is 70.7 Å². The Kier molecular flexibility index (Phi) is 10.4. The van der Waals surface area contributed by atoms with Crippen molar-refractivity contribution < 1.29 is 23.7 Å². The van der Waals surface area contributed by atoms with E-state index in [9.17, 15) is 19.2 Å². The number of rotatable bonds is 9. The van der Waals surface area contributed by atoms with E-state index in [0.29, 0.717) is 48.0 Å². The minimum Gasteiger partial charge on any atom is -0.364 e. The number of likely N-dealkylation sites (N-methyl/N-ethyl adjacent to an activating group) is 1. The highest BCUT2D eigenvalue weighted by Crippen LogP contribution is 2.49. The molecule has 2 aromatic carbocycles. The van der Waals surface area contributed by atoms with E-state index in [-0.39, 0.29) is 29.6 Å². The van der Waals surface area contributed by atoms with E-state index < -0.39 is 11.8 Å². The van der Waals surface area contributed by atoms with Gasteiger partial charge in [0.05, 0.1) is 24.8 Å². The summed E-state index contributed by atoms with van der Waals surface area (Å²) in [5.41, 5.74) is 12.2. The maximum absolute atomic E-state index is 12.7. The van der Waals surface area contributed by atoms with Crippen LogP contribution in [0.25, 0.3) is 11.0 Å². The molecule has 16 nitrogen and oxygen atoms in total. The lowest BCUT2D eigenvalue weighted by Gasteiger charge is -2.46. The number of nitrogens with one attached hydrogen (secondary N) is 2. The van der Waals surface area contributed by atoms with Crippen LogP contribution in [0.2, 0.25) is 0 Å². The lowest BCUT2D eigenvalue weighted by atomic mass is 9.64. The van der Waals surface area contributed by atoms with Gasteiger partial charge in [-0.15, -0.1) is 0 Å². The van der Waals surface area contributed by atoms with Crippen LogP contribution in [0.4, 0.5) is 22.1 Å². The molecule has 0 radical (unpaired) electrons. The van der Waals surface area contributed by atoms with Crippen molar-refractivity contribution >= 4 is 52.0 Å². The summed E-state index contributed by atoms with van der Waals surface area (Å²) in [6.45, 7) is 7.71. The summed E-state index contributed by atoms with van der Waals surface area (Å²) in [6, 6.07) is 12.9. The van der Waals surface area contributed by atoms with Crippen LogP contribution in [0, 0.1) is 5.41 Å². The number of urea groups is 1. The number of aromatic nitrogens is 3. The fourth-order valence-corrected chi connectivity index (χ4v) is 11.0. The van der Waals surface area contributed by atoms with E-state index >= 15 is 0 Å². The maximum atomic E-state index is 12.7. The molecular weight excluding hydrogens is 775 g/mol. The van der Waals surface area contributed by atoms with Gasteiger partial charge in [-0.05, 0) is 112 Å². The number of anilines is 3. The largest absolute Gasteiger partial charge is 0.364 e. The van der Waals surface area contributed by atoms with Crippen molar-refractivity contribution in [1.29, 1.82) is 0 Å². The molecule has 1 saturated carbocycles. The number of hydrogen-bond donors (Lipinski definition) is 3. The van der Waals surface area contributed by atoms with Crippen LogP contribution in [-0.2, 0) is 22.7 Å². The molecule has 1 spiro atoms. The van der Waals surface area contributed by atoms with Crippen molar-refractivity contribution in [2.45, 2.75) is 95.2 Å². The highest BCUT2D eigenvalue weighted by atomic mass is 16.5. The number of primary amides is 1. The second kappa shape index (κ2) is 16.0. The quantitative estimate of drug-likeness (QED) is 0.192. The van der Waals surface area contributed by atoms with Gasteiger partial charge in [0.25, 0.3) is 5.91 Å². The van der Waals surface area contributed by atoms with Gasteiger partial charge in [-0.3, -0.25) is 29.5 Å². The molecule has 2 aromatic heterocycles. The van der Waals surface area contributed by atoms with Crippen molar-refractivity contribution in [3.63, 3.8) is 0 Å². The Bertz CT molecular complexity index is 2350. The number of fused-ring (bicyclic) bond motifs is 3. The van der Waals surface area contributed by atoms with E-state index in [1.54, 1.807) is 11.1 Å². The maximum Gasteiger partial charge on any atom is 0.320 e. The molecule has 1 unspecified atom stereocenters. The highest BCUT2D eigenvalue weighted by molar-refractivity contribution is 6.02. The smallest absolute Gasteiger partial charge is 0.320 e. The summed E-state index contributed by atoms with van der Waals surface area (Å²) in [7, 11) is 1.84. The molecule has 4 saturated heterocycles. The summed E-state index contributed by atoms with van der Waals surface area (Å²) in [4.78, 5) is 69.6. The fraction of sp³-hybridized carbons (Fsp3) is 0.533. The summed E-state index contributed by atoms with van der Waals surface area (Å²) in [6.07, 6.45) is 11.5. The number of hydrogen-bond acceptors (Lipinski definition) is 12. The molecule has 7 heterocycles. The number of likely N-dealkylation sites (tertiary alicyclic amines) is 1. The molecule has 0 bridgehead atoms. The third-order valence-corrected chi connectivity index (χ3v) is 14.6. The number of benzene rings is 2. The van der Waals surface area contributed by atoms with E-state index in [1.165, 1.54) is 49.7 Å². The summed E-state index contributed by atoms with van der Waals surface area (Å²) in [5, 5.41) is 11.0. The second-order valence-corrected chi connectivity index (χ2v) is 18.3. The van der Waals surface area contributed by atoms with Crippen LogP contribution < -0.4 is 21.3 Å². The zero-order valence-corrected chi connectivity index (χ0v) is 34.9. The van der Waals surface area contributed by atoms with Gasteiger partial charge in [0.2, 0.25) is 11.8 Å². The first-order valence-electron chi connectivity index (χ1n) is 22.1. The van der Waals surface area contributed by atoms with Gasteiger partial charge >= 0.3 is 6.03 Å². The first-order chi connectivity index (χ1) is 29.6. The Labute approximate surface area is 355 Å². The zero-order valence-electron chi connectivity index (χ0n) is 34.9. The highest BCUT2D eigenvalue weighted by Gasteiger charge is 2.40. The van der Waals surface area contributed by atoms with Crippen LogP contribution in [0.3, 0.4) is 0 Å². The summed E-state index contributed by atoms with van der Waals surface area (Å²) < 4.78 is 5.87. The molecule has 320 valence electrons. The molecule has 61 heavy (non-hydrogen) atoms. The number of nitrogens with zero attached hydrogens (tertiary/aromatic N) is 8. The predicted molar refractivity (Wildman–Crippen MR) is 228 cm³/mol. The third-order valence-electron chi connectivity index (χ3n) is 14.6. The van der Waals surface area contributed by atoms with Crippen LogP contribution in [-0.4, -0.2) is 118 Å². The molecule has 5 fully saturated rings. The molecule has 4 N–H and O–H groups in total. The van der Waals surface area contributed by atoms with E-state index in [2.05, 4.69) is 65.8 Å². The Morgan fingerprint density at radius 3 is 2.48 bits per heavy atom. The lowest BCUT2D eigenvalue weighted by molar-refractivity contribution is -0.134. The van der Waals surface area contributed by atoms with E-state index in [1.807, 2.05) is 18.0 Å². The molecule has 1 aliphatic carbocycles. The van der Waals surface area contributed by atoms with Gasteiger partial charge in [0.1, 0.15) is 11.5 Å². The Balaban J connectivity index is 0.716. The van der Waals surface area contributed by atoms with Crippen molar-refractivity contribution in [1.82, 2.24) is 40.0 Å². The fourth-order valence-electron chi connectivity index (χ4n) is 11.0. The van der Waals surface area contributed by atoms with Crippen molar-refractivity contribution in [2.24, 2.45) is 11.1 Å². The van der Waals surface area contributed by atoms with Crippen molar-refractivity contribution in [3.8, 4) is 0 Å². The molecule has 5 aliphatic heterocycles. The van der Waals surface area contributed by atoms with Crippen LogP contribution in [0.15, 0.2) is 47.1 Å². The number of amides is 5. The summed E-state index contributed by atoms with van der Waals surface area (Å²) >= 11 is 0. The van der Waals surface area contributed by atoms with E-state index in [0.717, 1.165) is 87.5 Å². The monoisotopic (exact) mass is 829 g/mol. The molecule has 5 amide bonds. The Hall–Kier alpha value is -5.61. The van der Waals surface area contributed by atoms with Crippen LogP contribution >= 0.6 is 0 Å². The molecule has 6 aliphatic rings.